The van der Waals surface area contributed by atoms with E-state index in [-0.39, 0.29) is 11.6 Å². The Morgan fingerprint density at radius 2 is 2.28 bits per heavy atom. The highest BCUT2D eigenvalue weighted by Crippen LogP contribution is 2.21. The van der Waals surface area contributed by atoms with Crippen LogP contribution in [0.1, 0.15) is 17.6 Å². The lowest BCUT2D eigenvalue weighted by Crippen LogP contribution is -2.01. The van der Waals surface area contributed by atoms with Crippen LogP contribution < -0.4 is 10.1 Å². The number of hydrogen-bond acceptors (Lipinski definition) is 4. The van der Waals surface area contributed by atoms with Crippen LogP contribution in [0.25, 0.3) is 0 Å². The van der Waals surface area contributed by atoms with Gasteiger partial charge in [0.2, 0.25) is 0 Å². The first-order valence-corrected chi connectivity index (χ1v) is 6.64. The fourth-order valence-electron chi connectivity index (χ4n) is 1.57. The van der Waals surface area contributed by atoms with Gasteiger partial charge in [0.1, 0.15) is 0 Å². The van der Waals surface area contributed by atoms with E-state index in [1.165, 1.54) is 6.07 Å². The Morgan fingerprint density at radius 3 is 2.89 bits per heavy atom. The summed E-state index contributed by atoms with van der Waals surface area (Å²) in [5.41, 5.74) is 1.69. The molecule has 0 aliphatic heterocycles. The number of aryl methyl sites for hydroxylation is 1. The molecule has 5 heteroatoms. The van der Waals surface area contributed by atoms with Gasteiger partial charge in [-0.25, -0.2) is 9.37 Å². The molecule has 0 spiro atoms. The van der Waals surface area contributed by atoms with Crippen LogP contribution in [-0.2, 0) is 6.54 Å². The normalized spacial score (nSPS) is 10.4. The predicted molar refractivity (Wildman–Crippen MR) is 71.7 cm³/mol. The molecule has 0 aliphatic carbocycles. The summed E-state index contributed by atoms with van der Waals surface area (Å²) < 4.78 is 18.7. The van der Waals surface area contributed by atoms with E-state index in [0.717, 1.165) is 16.4 Å². The second kappa shape index (κ2) is 5.82. The van der Waals surface area contributed by atoms with Crippen LogP contribution in [0.15, 0.2) is 23.6 Å². The molecule has 0 unspecified atom stereocenters. The molecule has 0 fully saturated rings. The van der Waals surface area contributed by atoms with Gasteiger partial charge in [-0.15, -0.1) is 11.3 Å². The number of halogens is 1. The lowest BCUT2D eigenvalue weighted by molar-refractivity contribution is 0.321. The van der Waals surface area contributed by atoms with Gasteiger partial charge in [-0.1, -0.05) is 0 Å². The van der Waals surface area contributed by atoms with Crippen LogP contribution in [0.3, 0.4) is 0 Å². The van der Waals surface area contributed by atoms with E-state index in [1.807, 2.05) is 19.2 Å². The summed E-state index contributed by atoms with van der Waals surface area (Å²) in [6, 6.07) is 4.87. The number of anilines is 1. The highest BCUT2D eigenvalue weighted by atomic mass is 32.1. The first-order chi connectivity index (χ1) is 8.69. The third-order valence-electron chi connectivity index (χ3n) is 2.37. The number of hydrogen-bond donors (Lipinski definition) is 1. The number of ether oxygens (including phenoxy) is 1. The summed E-state index contributed by atoms with van der Waals surface area (Å²) in [6.45, 7) is 4.85. The highest BCUT2D eigenvalue weighted by molar-refractivity contribution is 7.09. The van der Waals surface area contributed by atoms with Gasteiger partial charge in [-0.3, -0.25) is 0 Å². The molecule has 0 saturated carbocycles. The zero-order valence-electron chi connectivity index (χ0n) is 10.4. The molecule has 96 valence electrons. The first-order valence-electron chi connectivity index (χ1n) is 5.76. The second-order valence-electron chi connectivity index (χ2n) is 3.79. The quantitative estimate of drug-likeness (QED) is 0.897. The number of nitrogens with one attached hydrogen (secondary N) is 1. The second-order valence-corrected chi connectivity index (χ2v) is 4.85. The zero-order valence-corrected chi connectivity index (χ0v) is 11.2. The molecule has 1 N–H and O–H groups in total. The molecular weight excluding hydrogens is 251 g/mol. The third-order valence-corrected chi connectivity index (χ3v) is 3.19. The number of aromatic nitrogens is 1. The minimum atomic E-state index is -0.351. The van der Waals surface area contributed by atoms with Crippen molar-refractivity contribution < 1.29 is 9.13 Å². The van der Waals surface area contributed by atoms with E-state index in [9.17, 15) is 4.39 Å². The number of rotatable bonds is 5. The van der Waals surface area contributed by atoms with Crippen molar-refractivity contribution in [1.82, 2.24) is 4.98 Å². The van der Waals surface area contributed by atoms with Gasteiger partial charge in [-0.05, 0) is 26.0 Å². The van der Waals surface area contributed by atoms with Gasteiger partial charge in [0.25, 0.3) is 0 Å². The van der Waals surface area contributed by atoms with Gasteiger partial charge < -0.3 is 10.1 Å². The molecule has 18 heavy (non-hydrogen) atoms. The smallest absolute Gasteiger partial charge is 0.167 e. The largest absolute Gasteiger partial charge is 0.491 e. The van der Waals surface area contributed by atoms with E-state index in [2.05, 4.69) is 10.3 Å². The van der Waals surface area contributed by atoms with Crippen molar-refractivity contribution in [2.24, 2.45) is 0 Å². The van der Waals surface area contributed by atoms with Crippen molar-refractivity contribution >= 4 is 17.0 Å². The number of nitrogens with zero attached hydrogens (tertiary/aromatic N) is 1. The Bertz CT molecular complexity index is 527. The van der Waals surface area contributed by atoms with Gasteiger partial charge in [0, 0.05) is 17.1 Å². The average Bonchev–Trinajstić information content (AvgIpc) is 2.76. The molecule has 0 aliphatic rings. The van der Waals surface area contributed by atoms with Crippen LogP contribution in [0.4, 0.5) is 10.1 Å². The van der Waals surface area contributed by atoms with Crippen LogP contribution >= 0.6 is 11.3 Å². The maximum atomic E-state index is 13.6. The minimum absolute atomic E-state index is 0.285. The molecular formula is C13H15FN2OS. The first kappa shape index (κ1) is 12.8. The highest BCUT2D eigenvalue weighted by Gasteiger charge is 2.04. The van der Waals surface area contributed by atoms with Gasteiger partial charge in [-0.2, -0.15) is 0 Å². The summed E-state index contributed by atoms with van der Waals surface area (Å²) >= 11 is 1.61. The summed E-state index contributed by atoms with van der Waals surface area (Å²) in [6.07, 6.45) is 0. The monoisotopic (exact) mass is 266 g/mol. The van der Waals surface area contributed by atoms with Crippen molar-refractivity contribution in [3.8, 4) is 5.75 Å². The van der Waals surface area contributed by atoms with Gasteiger partial charge >= 0.3 is 0 Å². The Kier molecular flexibility index (Phi) is 4.15. The molecule has 2 rings (SSSR count). The fraction of sp³-hybridized carbons (Fsp3) is 0.308. The maximum absolute atomic E-state index is 13.6. The Morgan fingerprint density at radius 1 is 1.44 bits per heavy atom. The summed E-state index contributed by atoms with van der Waals surface area (Å²) in [7, 11) is 0. The van der Waals surface area contributed by atoms with E-state index in [0.29, 0.717) is 13.2 Å². The minimum Gasteiger partial charge on any atom is -0.491 e. The van der Waals surface area contributed by atoms with E-state index in [1.54, 1.807) is 23.5 Å². The van der Waals surface area contributed by atoms with Crippen molar-refractivity contribution in [2.45, 2.75) is 20.4 Å². The molecule has 1 aromatic heterocycles. The molecule has 0 atom stereocenters. The summed E-state index contributed by atoms with van der Waals surface area (Å²) in [5.74, 6) is -0.0659. The number of benzene rings is 1. The molecule has 2 aromatic rings. The summed E-state index contributed by atoms with van der Waals surface area (Å²) in [5, 5.41) is 6.16. The average molecular weight is 266 g/mol. The van der Waals surface area contributed by atoms with Crippen LogP contribution in [-0.4, -0.2) is 11.6 Å². The standard InChI is InChI=1S/C13H15FN2OS/c1-3-17-13-5-4-10(6-12(13)14)15-7-11-8-18-9(2)16-11/h4-6,8,15H,3,7H2,1-2H3. The van der Waals surface area contributed by atoms with Crippen molar-refractivity contribution in [3.63, 3.8) is 0 Å². The predicted octanol–water partition coefficient (Wildman–Crippen LogP) is 3.60. The molecule has 0 saturated heterocycles. The van der Waals surface area contributed by atoms with E-state index in [4.69, 9.17) is 4.74 Å². The Labute approximate surface area is 110 Å². The zero-order chi connectivity index (χ0) is 13.0. The SMILES string of the molecule is CCOc1ccc(NCc2csc(C)n2)cc1F. The number of thiazole rings is 1. The molecule has 3 nitrogen and oxygen atoms in total. The van der Waals surface area contributed by atoms with E-state index >= 15 is 0 Å². The van der Waals surface area contributed by atoms with E-state index < -0.39 is 0 Å². The lowest BCUT2D eigenvalue weighted by Gasteiger charge is -2.08. The van der Waals surface area contributed by atoms with Gasteiger partial charge in [0.05, 0.1) is 23.9 Å². The topological polar surface area (TPSA) is 34.1 Å². The van der Waals surface area contributed by atoms with Crippen molar-refractivity contribution in [2.75, 3.05) is 11.9 Å². The summed E-state index contributed by atoms with van der Waals surface area (Å²) in [4.78, 5) is 4.33. The molecule has 1 heterocycles. The van der Waals surface area contributed by atoms with Crippen LogP contribution in [0, 0.1) is 12.7 Å². The molecule has 1 aromatic carbocycles. The third kappa shape index (κ3) is 3.20. The maximum Gasteiger partial charge on any atom is 0.167 e. The van der Waals surface area contributed by atoms with Crippen molar-refractivity contribution in [1.29, 1.82) is 0 Å². The Hall–Kier alpha value is -1.62. The fourth-order valence-corrected chi connectivity index (χ4v) is 2.18. The lowest BCUT2D eigenvalue weighted by atomic mass is 10.3. The Balaban J connectivity index is 1.99. The molecule has 0 bridgehead atoms. The van der Waals surface area contributed by atoms with Crippen LogP contribution in [0.2, 0.25) is 0 Å². The van der Waals surface area contributed by atoms with Crippen molar-refractivity contribution in [3.05, 3.63) is 40.1 Å². The molecule has 0 radical (unpaired) electrons. The molecule has 0 amide bonds. The van der Waals surface area contributed by atoms with Gasteiger partial charge in [0.15, 0.2) is 11.6 Å². The van der Waals surface area contributed by atoms with Crippen LogP contribution in [0.5, 0.6) is 5.75 Å².